The first-order chi connectivity index (χ1) is 8.49. The van der Waals surface area contributed by atoms with Gasteiger partial charge in [0.15, 0.2) is 0 Å². The minimum absolute atomic E-state index is 0.0731. The van der Waals surface area contributed by atoms with Gasteiger partial charge in [0.2, 0.25) is 0 Å². The Morgan fingerprint density at radius 3 is 2.44 bits per heavy atom. The molecule has 0 aromatic heterocycles. The molecule has 1 aliphatic heterocycles. The molecule has 2 atom stereocenters. The number of aliphatic hydroxyl groups is 1. The molecule has 18 heavy (non-hydrogen) atoms. The van der Waals surface area contributed by atoms with Gasteiger partial charge in [-0.15, -0.1) is 0 Å². The number of β-amino-alcohol motifs (C(OH)–C–C–N with tert-alkyl or cyclic N) is 1. The predicted molar refractivity (Wildman–Crippen MR) is 64.3 cm³/mol. The van der Waals surface area contributed by atoms with E-state index in [2.05, 4.69) is 0 Å². The molecule has 0 unspecified atom stereocenters. The molecular formula is C13H15NO4. The second-order valence-corrected chi connectivity index (χ2v) is 4.57. The number of likely N-dealkylation sites (tertiary alicyclic amines) is 1. The lowest BCUT2D eigenvalue weighted by molar-refractivity contribution is -0.141. The summed E-state index contributed by atoms with van der Waals surface area (Å²) in [6, 6.07) is 6.00. The smallest absolute Gasteiger partial charge is 0.326 e. The molecule has 0 radical (unpaired) electrons. The summed E-state index contributed by atoms with van der Waals surface area (Å²) in [5.74, 6) is -1.43. The number of hydrogen-bond donors (Lipinski definition) is 2. The Balaban J connectivity index is 2.22. The third-order valence-corrected chi connectivity index (χ3v) is 3.12. The van der Waals surface area contributed by atoms with Crippen LogP contribution in [0.1, 0.15) is 22.3 Å². The summed E-state index contributed by atoms with van der Waals surface area (Å²) in [7, 11) is 0. The van der Waals surface area contributed by atoms with E-state index in [-0.39, 0.29) is 18.9 Å². The van der Waals surface area contributed by atoms with E-state index < -0.39 is 18.1 Å². The zero-order valence-electron chi connectivity index (χ0n) is 10.0. The van der Waals surface area contributed by atoms with E-state index in [0.717, 1.165) is 5.56 Å². The normalized spacial score (nSPS) is 23.1. The van der Waals surface area contributed by atoms with E-state index in [9.17, 15) is 14.7 Å². The Hall–Kier alpha value is -1.88. The molecule has 5 heteroatoms. The summed E-state index contributed by atoms with van der Waals surface area (Å²) in [6.07, 6.45) is -0.673. The molecule has 1 aromatic rings. The Morgan fingerprint density at radius 2 is 1.89 bits per heavy atom. The average Bonchev–Trinajstić information content (AvgIpc) is 2.71. The fraction of sp³-hybridized carbons (Fsp3) is 0.385. The third kappa shape index (κ3) is 2.36. The van der Waals surface area contributed by atoms with Crippen molar-refractivity contribution >= 4 is 11.9 Å². The van der Waals surface area contributed by atoms with Gasteiger partial charge in [0.25, 0.3) is 5.91 Å². The monoisotopic (exact) mass is 249 g/mol. The minimum atomic E-state index is -1.08. The van der Waals surface area contributed by atoms with Gasteiger partial charge in [-0.05, 0) is 19.1 Å². The second-order valence-electron chi connectivity index (χ2n) is 4.57. The number of aryl methyl sites for hydroxylation is 1. The van der Waals surface area contributed by atoms with Crippen LogP contribution in [0.15, 0.2) is 24.3 Å². The topological polar surface area (TPSA) is 77.8 Å². The second kappa shape index (κ2) is 4.78. The zero-order valence-corrected chi connectivity index (χ0v) is 10.0. The number of hydrogen-bond acceptors (Lipinski definition) is 3. The maximum Gasteiger partial charge on any atom is 0.326 e. The fourth-order valence-electron chi connectivity index (χ4n) is 2.13. The first-order valence-corrected chi connectivity index (χ1v) is 5.77. The van der Waals surface area contributed by atoms with Gasteiger partial charge in [-0.1, -0.05) is 17.7 Å². The lowest BCUT2D eigenvalue weighted by atomic mass is 10.1. The molecule has 1 heterocycles. The predicted octanol–water partition coefficient (Wildman–Crippen LogP) is 0.655. The van der Waals surface area contributed by atoms with Crippen LogP contribution in [0, 0.1) is 6.92 Å². The number of carboxylic acids is 1. The average molecular weight is 249 g/mol. The van der Waals surface area contributed by atoms with E-state index in [4.69, 9.17) is 5.11 Å². The maximum absolute atomic E-state index is 12.2. The molecule has 0 aliphatic carbocycles. The lowest BCUT2D eigenvalue weighted by Gasteiger charge is -2.21. The summed E-state index contributed by atoms with van der Waals surface area (Å²) in [6.45, 7) is 1.98. The molecule has 1 saturated heterocycles. The molecular weight excluding hydrogens is 234 g/mol. The number of carbonyl (C=O) groups is 2. The number of rotatable bonds is 2. The fourth-order valence-corrected chi connectivity index (χ4v) is 2.13. The SMILES string of the molecule is Cc1ccc(C(=O)N2C[C@@H](O)C[C@H]2C(=O)O)cc1. The summed E-state index contributed by atoms with van der Waals surface area (Å²) < 4.78 is 0. The Bertz CT molecular complexity index is 468. The number of carboxylic acid groups (broad SMARTS) is 1. The molecule has 1 fully saturated rings. The summed E-state index contributed by atoms with van der Waals surface area (Å²) in [4.78, 5) is 24.4. The maximum atomic E-state index is 12.2. The number of aliphatic carboxylic acids is 1. The number of carbonyl (C=O) groups excluding carboxylic acids is 1. The van der Waals surface area contributed by atoms with Crippen molar-refractivity contribution in [2.24, 2.45) is 0 Å². The molecule has 0 saturated carbocycles. The van der Waals surface area contributed by atoms with Gasteiger partial charge in [0, 0.05) is 18.5 Å². The number of nitrogens with zero attached hydrogens (tertiary/aromatic N) is 1. The van der Waals surface area contributed by atoms with E-state index >= 15 is 0 Å². The number of aliphatic hydroxyl groups excluding tert-OH is 1. The Kier molecular flexibility index (Phi) is 3.34. The van der Waals surface area contributed by atoms with Crippen LogP contribution < -0.4 is 0 Å². The summed E-state index contributed by atoms with van der Waals surface area (Å²) in [5, 5.41) is 18.5. The Morgan fingerprint density at radius 1 is 1.28 bits per heavy atom. The van der Waals surface area contributed by atoms with Crippen LogP contribution in [-0.4, -0.2) is 45.7 Å². The van der Waals surface area contributed by atoms with Crippen LogP contribution >= 0.6 is 0 Å². The molecule has 96 valence electrons. The van der Waals surface area contributed by atoms with Gasteiger partial charge in [-0.2, -0.15) is 0 Å². The largest absolute Gasteiger partial charge is 0.480 e. The molecule has 1 amide bonds. The van der Waals surface area contributed by atoms with Gasteiger partial charge in [0.1, 0.15) is 6.04 Å². The number of benzene rings is 1. The van der Waals surface area contributed by atoms with E-state index in [0.29, 0.717) is 5.56 Å². The highest BCUT2D eigenvalue weighted by Gasteiger charge is 2.39. The third-order valence-electron chi connectivity index (χ3n) is 3.12. The van der Waals surface area contributed by atoms with Crippen LogP contribution in [0.2, 0.25) is 0 Å². The highest BCUT2D eigenvalue weighted by molar-refractivity contribution is 5.97. The van der Waals surface area contributed by atoms with Gasteiger partial charge in [0.05, 0.1) is 6.10 Å². The van der Waals surface area contributed by atoms with Crippen LogP contribution in [-0.2, 0) is 4.79 Å². The van der Waals surface area contributed by atoms with Crippen molar-refractivity contribution in [3.05, 3.63) is 35.4 Å². The zero-order chi connectivity index (χ0) is 13.3. The van der Waals surface area contributed by atoms with E-state index in [1.807, 2.05) is 6.92 Å². The standard InChI is InChI=1S/C13H15NO4/c1-8-2-4-9(5-3-8)12(16)14-7-10(15)6-11(14)13(17)18/h2-5,10-11,15H,6-7H2,1H3,(H,17,18)/t10-,11-/m0/s1. The minimum Gasteiger partial charge on any atom is -0.480 e. The molecule has 1 aromatic carbocycles. The van der Waals surface area contributed by atoms with Crippen molar-refractivity contribution in [3.63, 3.8) is 0 Å². The van der Waals surface area contributed by atoms with Gasteiger partial charge >= 0.3 is 5.97 Å². The van der Waals surface area contributed by atoms with Crippen molar-refractivity contribution in [2.75, 3.05) is 6.54 Å². The Labute approximate surface area is 105 Å². The van der Waals surface area contributed by atoms with Gasteiger partial charge in [-0.3, -0.25) is 4.79 Å². The first-order valence-electron chi connectivity index (χ1n) is 5.77. The van der Waals surface area contributed by atoms with E-state index in [1.54, 1.807) is 24.3 Å². The van der Waals surface area contributed by atoms with Crippen molar-refractivity contribution < 1.29 is 19.8 Å². The van der Waals surface area contributed by atoms with Crippen LogP contribution in [0.25, 0.3) is 0 Å². The van der Waals surface area contributed by atoms with Crippen molar-refractivity contribution in [1.82, 2.24) is 4.90 Å². The van der Waals surface area contributed by atoms with Crippen molar-refractivity contribution in [1.29, 1.82) is 0 Å². The quantitative estimate of drug-likeness (QED) is 0.807. The summed E-state index contributed by atoms with van der Waals surface area (Å²) in [5.41, 5.74) is 1.48. The summed E-state index contributed by atoms with van der Waals surface area (Å²) >= 11 is 0. The van der Waals surface area contributed by atoms with Crippen LogP contribution in [0.5, 0.6) is 0 Å². The molecule has 2 N–H and O–H groups in total. The van der Waals surface area contributed by atoms with Crippen LogP contribution in [0.3, 0.4) is 0 Å². The van der Waals surface area contributed by atoms with Gasteiger partial charge < -0.3 is 15.1 Å². The van der Waals surface area contributed by atoms with Crippen molar-refractivity contribution in [3.8, 4) is 0 Å². The molecule has 0 bridgehead atoms. The molecule has 0 spiro atoms. The number of amides is 1. The highest BCUT2D eigenvalue weighted by Crippen LogP contribution is 2.21. The first kappa shape index (κ1) is 12.6. The van der Waals surface area contributed by atoms with Crippen molar-refractivity contribution in [2.45, 2.75) is 25.5 Å². The molecule has 2 rings (SSSR count). The highest BCUT2D eigenvalue weighted by atomic mass is 16.4. The van der Waals surface area contributed by atoms with Gasteiger partial charge in [-0.25, -0.2) is 4.79 Å². The lowest BCUT2D eigenvalue weighted by Crippen LogP contribution is -2.40. The van der Waals surface area contributed by atoms with E-state index in [1.165, 1.54) is 4.90 Å². The molecule has 5 nitrogen and oxygen atoms in total. The molecule has 1 aliphatic rings. The van der Waals surface area contributed by atoms with Crippen LogP contribution in [0.4, 0.5) is 0 Å².